The van der Waals surface area contributed by atoms with Crippen molar-refractivity contribution in [1.29, 1.82) is 0 Å². The van der Waals surface area contributed by atoms with Crippen LogP contribution in [0.5, 0.6) is 0 Å². The Morgan fingerprint density at radius 2 is 2.12 bits per heavy atom. The molecule has 0 aromatic carbocycles. The maximum Gasteiger partial charge on any atom is 0.389 e. The number of aliphatic hydroxyl groups is 1. The minimum Gasteiger partial charge on any atom is -0.388 e. The molecule has 92 valence electrons. The van der Waals surface area contributed by atoms with Gasteiger partial charge in [0.1, 0.15) is 4.34 Å². The molecule has 1 aromatic heterocycles. The summed E-state index contributed by atoms with van der Waals surface area (Å²) in [6.07, 6.45) is -5.91. The van der Waals surface area contributed by atoms with E-state index in [1.165, 1.54) is 11.3 Å². The summed E-state index contributed by atoms with van der Waals surface area (Å²) in [7, 11) is 0. The quantitative estimate of drug-likeness (QED) is 0.826. The Hall–Kier alpha value is 0.220. The summed E-state index contributed by atoms with van der Waals surface area (Å²) in [5.74, 6) is 0. The predicted molar refractivity (Wildman–Crippen MR) is 61.9 cm³/mol. The lowest BCUT2D eigenvalue weighted by molar-refractivity contribution is -0.136. The van der Waals surface area contributed by atoms with E-state index in [0.29, 0.717) is 13.7 Å². The van der Waals surface area contributed by atoms with Crippen LogP contribution in [0.3, 0.4) is 0 Å². The third kappa shape index (κ3) is 4.61. The Labute approximate surface area is 108 Å². The van der Waals surface area contributed by atoms with E-state index < -0.39 is 18.7 Å². The van der Waals surface area contributed by atoms with Crippen molar-refractivity contribution in [2.24, 2.45) is 0 Å². The Bertz CT molecular complexity index is 334. The first-order valence-electron chi connectivity index (χ1n) is 4.49. The number of hydrogen-bond donors (Lipinski definition) is 1. The molecule has 16 heavy (non-hydrogen) atoms. The molecule has 0 saturated heterocycles. The van der Waals surface area contributed by atoms with Crippen LogP contribution in [0.25, 0.3) is 0 Å². The summed E-state index contributed by atoms with van der Waals surface area (Å²) < 4.78 is 36.8. The van der Waals surface area contributed by atoms with Gasteiger partial charge in [0.2, 0.25) is 0 Å². The van der Waals surface area contributed by atoms with E-state index in [4.69, 9.17) is 11.6 Å². The van der Waals surface area contributed by atoms with E-state index in [9.17, 15) is 18.3 Å². The fourth-order valence-electron chi connectivity index (χ4n) is 1.17. The second-order valence-corrected chi connectivity index (χ2v) is 5.83. The van der Waals surface area contributed by atoms with Gasteiger partial charge in [-0.05, 0) is 34.8 Å². The maximum absolute atomic E-state index is 11.9. The van der Waals surface area contributed by atoms with Crippen LogP contribution in [0.1, 0.15) is 30.2 Å². The maximum atomic E-state index is 11.9. The number of rotatable bonds is 4. The lowest BCUT2D eigenvalue weighted by Gasteiger charge is -2.09. The standard InChI is InChI=1S/C9H9BrClF3OS/c10-5-4-7(16-8(5)11)6(15)2-1-3-9(12,13)14/h4,6,15H,1-3H2. The molecule has 0 aliphatic rings. The zero-order chi connectivity index (χ0) is 12.3. The van der Waals surface area contributed by atoms with Crippen LogP contribution in [-0.4, -0.2) is 11.3 Å². The van der Waals surface area contributed by atoms with Crippen LogP contribution in [0.15, 0.2) is 10.5 Å². The minimum absolute atomic E-state index is 0.0855. The van der Waals surface area contributed by atoms with Gasteiger partial charge in [-0.2, -0.15) is 13.2 Å². The molecule has 1 atom stereocenters. The zero-order valence-corrected chi connectivity index (χ0v) is 11.2. The van der Waals surface area contributed by atoms with E-state index in [1.807, 2.05) is 0 Å². The van der Waals surface area contributed by atoms with Gasteiger partial charge >= 0.3 is 6.18 Å². The summed E-state index contributed by atoms with van der Waals surface area (Å²) in [6.45, 7) is 0. The molecule has 0 saturated carbocycles. The van der Waals surface area contributed by atoms with Crippen molar-refractivity contribution in [3.63, 3.8) is 0 Å². The molecule has 0 radical (unpaired) electrons. The van der Waals surface area contributed by atoms with Crippen LogP contribution in [0, 0.1) is 0 Å². The molecule has 0 fully saturated rings. The second-order valence-electron chi connectivity index (χ2n) is 3.29. The summed E-state index contributed by atoms with van der Waals surface area (Å²) in [6, 6.07) is 1.63. The third-order valence-electron chi connectivity index (χ3n) is 1.93. The molecule has 0 spiro atoms. The molecule has 0 aliphatic carbocycles. The van der Waals surface area contributed by atoms with Gasteiger partial charge in [0.05, 0.1) is 6.10 Å². The minimum atomic E-state index is -4.16. The largest absolute Gasteiger partial charge is 0.389 e. The first-order chi connectivity index (χ1) is 7.29. The Balaban J connectivity index is 2.44. The summed E-state index contributed by atoms with van der Waals surface area (Å²) >= 11 is 10.1. The van der Waals surface area contributed by atoms with Crippen molar-refractivity contribution in [2.45, 2.75) is 31.5 Å². The van der Waals surface area contributed by atoms with Gasteiger partial charge in [-0.1, -0.05) is 11.6 Å². The monoisotopic (exact) mass is 336 g/mol. The van der Waals surface area contributed by atoms with Crippen molar-refractivity contribution in [3.05, 3.63) is 19.8 Å². The van der Waals surface area contributed by atoms with Crippen LogP contribution < -0.4 is 0 Å². The van der Waals surface area contributed by atoms with Crippen molar-refractivity contribution in [1.82, 2.24) is 0 Å². The lowest BCUT2D eigenvalue weighted by Crippen LogP contribution is -2.07. The third-order valence-corrected chi connectivity index (χ3v) is 4.51. The fourth-order valence-corrected chi connectivity index (χ4v) is 2.92. The molecule has 1 N–H and O–H groups in total. The zero-order valence-electron chi connectivity index (χ0n) is 8.02. The van der Waals surface area contributed by atoms with Gasteiger partial charge in [0.15, 0.2) is 0 Å². The first kappa shape index (κ1) is 14.3. The van der Waals surface area contributed by atoms with E-state index >= 15 is 0 Å². The number of halogens is 5. The molecular formula is C9H9BrClF3OS. The highest BCUT2D eigenvalue weighted by atomic mass is 79.9. The SMILES string of the molecule is OC(CCCC(F)(F)F)c1cc(Br)c(Cl)s1. The number of alkyl halides is 3. The Kier molecular flexibility index (Phi) is 5.10. The van der Waals surface area contributed by atoms with Crippen LogP contribution in [0.4, 0.5) is 13.2 Å². The molecule has 1 unspecified atom stereocenters. The first-order valence-corrected chi connectivity index (χ1v) is 6.48. The molecule has 0 aliphatic heterocycles. The highest BCUT2D eigenvalue weighted by Crippen LogP contribution is 2.37. The van der Waals surface area contributed by atoms with Crippen molar-refractivity contribution >= 4 is 38.9 Å². The highest BCUT2D eigenvalue weighted by molar-refractivity contribution is 9.10. The normalized spacial score (nSPS) is 14.1. The van der Waals surface area contributed by atoms with Crippen molar-refractivity contribution in [3.8, 4) is 0 Å². The molecule has 1 heterocycles. The average molecular weight is 338 g/mol. The molecule has 1 rings (SSSR count). The number of thiophene rings is 1. The molecule has 1 nitrogen and oxygen atoms in total. The van der Waals surface area contributed by atoms with E-state index in [-0.39, 0.29) is 12.8 Å². The molecule has 0 amide bonds. The highest BCUT2D eigenvalue weighted by Gasteiger charge is 2.26. The smallest absolute Gasteiger partial charge is 0.388 e. The van der Waals surface area contributed by atoms with Gasteiger partial charge < -0.3 is 5.11 Å². The Morgan fingerprint density at radius 3 is 2.56 bits per heavy atom. The van der Waals surface area contributed by atoms with E-state index in [0.717, 1.165) is 0 Å². The number of aliphatic hydroxyl groups excluding tert-OH is 1. The predicted octanol–water partition coefficient (Wildman–Crippen LogP) is 4.93. The Morgan fingerprint density at radius 1 is 1.50 bits per heavy atom. The van der Waals surface area contributed by atoms with Crippen molar-refractivity contribution in [2.75, 3.05) is 0 Å². The van der Waals surface area contributed by atoms with Crippen LogP contribution in [-0.2, 0) is 0 Å². The lowest BCUT2D eigenvalue weighted by atomic mass is 10.1. The fraction of sp³-hybridized carbons (Fsp3) is 0.556. The van der Waals surface area contributed by atoms with E-state index in [1.54, 1.807) is 6.07 Å². The molecular weight excluding hydrogens is 329 g/mol. The van der Waals surface area contributed by atoms with E-state index in [2.05, 4.69) is 15.9 Å². The molecule has 1 aromatic rings. The van der Waals surface area contributed by atoms with Gasteiger partial charge in [-0.15, -0.1) is 11.3 Å². The van der Waals surface area contributed by atoms with Crippen LogP contribution in [0.2, 0.25) is 4.34 Å². The average Bonchev–Trinajstić information content (AvgIpc) is 2.45. The van der Waals surface area contributed by atoms with Gasteiger partial charge in [0, 0.05) is 15.8 Å². The molecule has 7 heteroatoms. The van der Waals surface area contributed by atoms with Gasteiger partial charge in [0.25, 0.3) is 0 Å². The number of hydrogen-bond acceptors (Lipinski definition) is 2. The van der Waals surface area contributed by atoms with Crippen molar-refractivity contribution < 1.29 is 18.3 Å². The topological polar surface area (TPSA) is 20.2 Å². The second kappa shape index (κ2) is 5.71. The van der Waals surface area contributed by atoms with Crippen LogP contribution >= 0.6 is 38.9 Å². The molecule has 0 bridgehead atoms. The summed E-state index contributed by atoms with van der Waals surface area (Å²) in [5, 5.41) is 9.62. The summed E-state index contributed by atoms with van der Waals surface area (Å²) in [4.78, 5) is 0.582. The summed E-state index contributed by atoms with van der Waals surface area (Å²) in [5.41, 5.74) is 0. The van der Waals surface area contributed by atoms with Gasteiger partial charge in [-0.3, -0.25) is 0 Å². The van der Waals surface area contributed by atoms with Gasteiger partial charge in [-0.25, -0.2) is 0 Å².